The molecule has 0 radical (unpaired) electrons. The first-order valence-electron chi connectivity index (χ1n) is 20.8. The van der Waals surface area contributed by atoms with Crippen molar-refractivity contribution in [3.05, 3.63) is 224 Å². The summed E-state index contributed by atoms with van der Waals surface area (Å²) in [5.74, 6) is 0.692. The average molecular weight is 776 g/mol. The summed E-state index contributed by atoms with van der Waals surface area (Å²) >= 11 is 0. The molecule has 3 nitrogen and oxygen atoms in total. The van der Waals surface area contributed by atoms with Gasteiger partial charge in [-0.3, -0.25) is 0 Å². The molecule has 284 valence electrons. The van der Waals surface area contributed by atoms with Crippen molar-refractivity contribution in [1.82, 2.24) is 14.5 Å². The zero-order valence-corrected chi connectivity index (χ0v) is 33.2. The molecule has 2 heterocycles. The Kier molecular flexibility index (Phi) is 8.17. The van der Waals surface area contributed by atoms with E-state index in [1.54, 1.807) is 0 Å². The topological polar surface area (TPSA) is 30.7 Å². The van der Waals surface area contributed by atoms with Crippen LogP contribution in [0.1, 0.15) is 0 Å². The molecule has 0 amide bonds. The van der Waals surface area contributed by atoms with Crippen LogP contribution in [0.2, 0.25) is 0 Å². The average Bonchev–Trinajstić information content (AvgIpc) is 3.68. The number of benzene rings is 10. The van der Waals surface area contributed by atoms with Gasteiger partial charge >= 0.3 is 0 Å². The van der Waals surface area contributed by atoms with Crippen molar-refractivity contribution in [3.8, 4) is 61.8 Å². The zero-order chi connectivity index (χ0) is 40.3. The Morgan fingerprint density at radius 3 is 1.74 bits per heavy atom. The summed E-state index contributed by atoms with van der Waals surface area (Å²) < 4.78 is 2.37. The molecule has 0 saturated carbocycles. The monoisotopic (exact) mass is 775 g/mol. The highest BCUT2D eigenvalue weighted by Crippen LogP contribution is 2.43. The minimum atomic E-state index is 0.692. The molecular weight excluding hydrogens is 739 g/mol. The second-order valence-electron chi connectivity index (χ2n) is 15.7. The first kappa shape index (κ1) is 34.9. The molecule has 0 spiro atoms. The van der Waals surface area contributed by atoms with Gasteiger partial charge in [-0.2, -0.15) is 0 Å². The third kappa shape index (κ3) is 5.82. The number of rotatable bonds is 6. The normalized spacial score (nSPS) is 11.6. The molecular formula is C58H37N3. The van der Waals surface area contributed by atoms with Crippen LogP contribution in [-0.2, 0) is 0 Å². The number of fused-ring (bicyclic) bond motifs is 7. The van der Waals surface area contributed by atoms with Gasteiger partial charge in [-0.15, -0.1) is 0 Å². The van der Waals surface area contributed by atoms with Crippen LogP contribution in [0, 0.1) is 0 Å². The van der Waals surface area contributed by atoms with Crippen molar-refractivity contribution >= 4 is 54.1 Å². The molecule has 3 heteroatoms. The van der Waals surface area contributed by atoms with Gasteiger partial charge in [0.25, 0.3) is 0 Å². The van der Waals surface area contributed by atoms with Crippen molar-refractivity contribution in [2.24, 2.45) is 0 Å². The summed E-state index contributed by atoms with van der Waals surface area (Å²) in [6.45, 7) is 0. The van der Waals surface area contributed by atoms with Gasteiger partial charge in [0.15, 0.2) is 5.82 Å². The fourth-order valence-electron chi connectivity index (χ4n) is 9.43. The van der Waals surface area contributed by atoms with Gasteiger partial charge in [-0.05, 0) is 91.0 Å². The molecule has 0 fully saturated rings. The van der Waals surface area contributed by atoms with Crippen LogP contribution in [-0.4, -0.2) is 14.5 Å². The standard InChI is InChI=1S/C58H37N3/c1-3-17-41(18-4-1)58-59-52(39-30-32-40(33-31-39)56-45-23-10-8-19-42(45)36-51-44-22-9-7-16-38(44)34-35-49(51)56)37-53(60-58)47-25-12-11-24-46(47)48-27-15-29-55-57(48)50-26-13-14-28-54(50)61(55)43-20-5-2-6-21-43/h1-37H. The Bertz CT molecular complexity index is 3620. The first-order chi connectivity index (χ1) is 30.3. The predicted octanol–water partition coefficient (Wildman–Crippen LogP) is 15.4. The van der Waals surface area contributed by atoms with Gasteiger partial charge in [0.05, 0.1) is 22.4 Å². The van der Waals surface area contributed by atoms with Crippen LogP contribution in [0.4, 0.5) is 0 Å². The highest BCUT2D eigenvalue weighted by molar-refractivity contribution is 6.20. The second kappa shape index (κ2) is 14.3. The number of nitrogens with zero attached hydrogens (tertiary/aromatic N) is 3. The first-order valence-corrected chi connectivity index (χ1v) is 20.8. The number of para-hydroxylation sites is 2. The highest BCUT2D eigenvalue weighted by atomic mass is 15.0. The summed E-state index contributed by atoms with van der Waals surface area (Å²) in [5.41, 5.74) is 13.0. The lowest BCUT2D eigenvalue weighted by atomic mass is 9.89. The molecule has 10 aromatic carbocycles. The molecule has 0 N–H and O–H groups in total. The van der Waals surface area contributed by atoms with E-state index in [1.165, 1.54) is 70.8 Å². The van der Waals surface area contributed by atoms with Gasteiger partial charge in [-0.25, -0.2) is 9.97 Å². The molecule has 0 aliphatic carbocycles. The predicted molar refractivity (Wildman–Crippen MR) is 256 cm³/mol. The van der Waals surface area contributed by atoms with E-state index < -0.39 is 0 Å². The Morgan fingerprint density at radius 2 is 0.918 bits per heavy atom. The third-order valence-corrected chi connectivity index (χ3v) is 12.2. The van der Waals surface area contributed by atoms with Gasteiger partial charge in [-0.1, -0.05) is 188 Å². The Hall–Kier alpha value is -8.14. The maximum absolute atomic E-state index is 5.32. The molecule has 0 aliphatic heterocycles. The van der Waals surface area contributed by atoms with E-state index in [2.05, 4.69) is 223 Å². The summed E-state index contributed by atoms with van der Waals surface area (Å²) in [5, 5.41) is 9.94. The molecule has 2 aromatic heterocycles. The van der Waals surface area contributed by atoms with Gasteiger partial charge in [0, 0.05) is 33.2 Å². The van der Waals surface area contributed by atoms with Gasteiger partial charge < -0.3 is 4.57 Å². The van der Waals surface area contributed by atoms with Crippen molar-refractivity contribution in [2.75, 3.05) is 0 Å². The summed E-state index contributed by atoms with van der Waals surface area (Å²) in [4.78, 5) is 10.6. The summed E-state index contributed by atoms with van der Waals surface area (Å²) in [6.07, 6.45) is 0. The minimum Gasteiger partial charge on any atom is -0.309 e. The Morgan fingerprint density at radius 1 is 0.311 bits per heavy atom. The lowest BCUT2D eigenvalue weighted by molar-refractivity contribution is 1.18. The fraction of sp³-hybridized carbons (Fsp3) is 0. The van der Waals surface area contributed by atoms with Crippen molar-refractivity contribution < 1.29 is 0 Å². The Labute approximate surface area is 353 Å². The van der Waals surface area contributed by atoms with E-state index in [0.717, 1.165) is 39.3 Å². The molecule has 0 atom stereocenters. The largest absolute Gasteiger partial charge is 0.309 e. The molecule has 0 saturated heterocycles. The lowest BCUT2D eigenvalue weighted by Crippen LogP contribution is -1.97. The van der Waals surface area contributed by atoms with Gasteiger partial charge in [0.1, 0.15) is 0 Å². The van der Waals surface area contributed by atoms with E-state index in [0.29, 0.717) is 5.82 Å². The SMILES string of the molecule is c1ccc(-c2nc(-c3ccc(-c4c5ccccc5cc5c4ccc4ccccc45)cc3)cc(-c3ccccc3-c3cccc4c3c3ccccc3n4-c3ccccc3)n2)cc1. The lowest BCUT2D eigenvalue weighted by Gasteiger charge is -2.15. The maximum atomic E-state index is 5.32. The number of hydrogen-bond donors (Lipinski definition) is 0. The minimum absolute atomic E-state index is 0.692. The number of aromatic nitrogens is 3. The van der Waals surface area contributed by atoms with Crippen LogP contribution < -0.4 is 0 Å². The van der Waals surface area contributed by atoms with Crippen LogP contribution in [0.25, 0.3) is 116 Å². The molecule has 61 heavy (non-hydrogen) atoms. The maximum Gasteiger partial charge on any atom is 0.160 e. The van der Waals surface area contributed by atoms with Crippen LogP contribution in [0.3, 0.4) is 0 Å². The van der Waals surface area contributed by atoms with Crippen molar-refractivity contribution in [3.63, 3.8) is 0 Å². The highest BCUT2D eigenvalue weighted by Gasteiger charge is 2.20. The van der Waals surface area contributed by atoms with E-state index >= 15 is 0 Å². The van der Waals surface area contributed by atoms with Crippen molar-refractivity contribution in [2.45, 2.75) is 0 Å². The summed E-state index contributed by atoms with van der Waals surface area (Å²) in [6, 6.07) is 80.4. The van der Waals surface area contributed by atoms with E-state index in [9.17, 15) is 0 Å². The van der Waals surface area contributed by atoms with E-state index in [-0.39, 0.29) is 0 Å². The molecule has 12 aromatic rings. The smallest absolute Gasteiger partial charge is 0.160 e. The molecule has 0 aliphatic rings. The molecule has 0 bridgehead atoms. The number of hydrogen-bond acceptors (Lipinski definition) is 2. The molecule has 0 unspecified atom stereocenters. The van der Waals surface area contributed by atoms with Crippen LogP contribution in [0.5, 0.6) is 0 Å². The van der Waals surface area contributed by atoms with Gasteiger partial charge in [0.2, 0.25) is 0 Å². The Balaban J connectivity index is 1.03. The fourth-order valence-corrected chi connectivity index (χ4v) is 9.43. The zero-order valence-electron chi connectivity index (χ0n) is 33.2. The quantitative estimate of drug-likeness (QED) is 0.124. The summed E-state index contributed by atoms with van der Waals surface area (Å²) in [7, 11) is 0. The van der Waals surface area contributed by atoms with Crippen LogP contribution >= 0.6 is 0 Å². The molecule has 12 rings (SSSR count). The third-order valence-electron chi connectivity index (χ3n) is 12.2. The van der Waals surface area contributed by atoms with Crippen molar-refractivity contribution in [1.29, 1.82) is 0 Å². The van der Waals surface area contributed by atoms with Crippen LogP contribution in [0.15, 0.2) is 224 Å². The van der Waals surface area contributed by atoms with E-state index in [1.807, 2.05) is 6.07 Å². The van der Waals surface area contributed by atoms with E-state index in [4.69, 9.17) is 9.97 Å². The second-order valence-corrected chi connectivity index (χ2v) is 15.7.